The highest BCUT2D eigenvalue weighted by molar-refractivity contribution is 5.95. The molecule has 7 nitrogen and oxygen atoms in total. The number of halogens is 2. The Morgan fingerprint density at radius 1 is 1.07 bits per heavy atom. The van der Waals surface area contributed by atoms with Crippen molar-refractivity contribution in [2.24, 2.45) is 0 Å². The largest absolute Gasteiger partial charge is 0.450 e. The lowest BCUT2D eigenvalue weighted by Crippen LogP contribution is -2.51. The van der Waals surface area contributed by atoms with Gasteiger partial charge >= 0.3 is 12.1 Å². The molecule has 3 aromatic carbocycles. The van der Waals surface area contributed by atoms with E-state index in [-0.39, 0.29) is 36.5 Å². The van der Waals surface area contributed by atoms with Crippen LogP contribution >= 0.6 is 0 Å². The van der Waals surface area contributed by atoms with Crippen LogP contribution in [0.3, 0.4) is 0 Å². The molecule has 1 N–H and O–H groups in total. The fourth-order valence-corrected chi connectivity index (χ4v) is 6.28. The molecule has 2 aliphatic rings. The van der Waals surface area contributed by atoms with Gasteiger partial charge in [0.1, 0.15) is 11.2 Å². The van der Waals surface area contributed by atoms with Gasteiger partial charge in [-0.25, -0.2) is 18.4 Å². The van der Waals surface area contributed by atoms with E-state index < -0.39 is 40.8 Å². The van der Waals surface area contributed by atoms with Crippen molar-refractivity contribution >= 4 is 18.0 Å². The predicted octanol–water partition coefficient (Wildman–Crippen LogP) is 6.80. The Labute approximate surface area is 256 Å². The van der Waals surface area contributed by atoms with Gasteiger partial charge < -0.3 is 19.7 Å². The molecular formula is C35H38F2N2O5. The van der Waals surface area contributed by atoms with Gasteiger partial charge in [-0.2, -0.15) is 0 Å². The van der Waals surface area contributed by atoms with Crippen molar-refractivity contribution in [1.82, 2.24) is 10.2 Å². The molecule has 9 heteroatoms. The van der Waals surface area contributed by atoms with Crippen LogP contribution in [0.2, 0.25) is 0 Å². The maximum atomic E-state index is 14.6. The number of hydrogen-bond acceptors (Lipinski definition) is 5. The smallest absolute Gasteiger partial charge is 0.410 e. The average Bonchev–Trinajstić information content (AvgIpc) is 3.23. The molecule has 0 unspecified atom stereocenters. The quantitative estimate of drug-likeness (QED) is 0.313. The Balaban J connectivity index is 1.54. The van der Waals surface area contributed by atoms with Crippen LogP contribution in [0.4, 0.5) is 13.6 Å². The normalized spacial score (nSPS) is 19.5. The molecule has 2 atom stereocenters. The molecule has 0 saturated carbocycles. The average molecular weight is 605 g/mol. The predicted molar refractivity (Wildman–Crippen MR) is 162 cm³/mol. The number of fused-ring (bicyclic) bond motifs is 2. The van der Waals surface area contributed by atoms with E-state index in [2.05, 4.69) is 5.32 Å². The maximum Gasteiger partial charge on any atom is 0.410 e. The fourth-order valence-electron chi connectivity index (χ4n) is 6.28. The first-order valence-corrected chi connectivity index (χ1v) is 15.0. The zero-order valence-electron chi connectivity index (χ0n) is 25.8. The van der Waals surface area contributed by atoms with Crippen LogP contribution in [-0.2, 0) is 26.3 Å². The van der Waals surface area contributed by atoms with E-state index in [1.807, 2.05) is 56.3 Å². The number of ether oxygens (including phenoxy) is 2. The van der Waals surface area contributed by atoms with Crippen molar-refractivity contribution in [2.45, 2.75) is 71.0 Å². The number of carbonyl (C=O) groups is 3. The van der Waals surface area contributed by atoms with Gasteiger partial charge in [0.15, 0.2) is 11.6 Å². The molecular weight excluding hydrogens is 566 g/mol. The summed E-state index contributed by atoms with van der Waals surface area (Å²) < 4.78 is 40.5. The number of esters is 1. The molecule has 1 saturated heterocycles. The van der Waals surface area contributed by atoms with Gasteiger partial charge in [0.25, 0.3) is 0 Å². The molecule has 5 rings (SSSR count). The van der Waals surface area contributed by atoms with Crippen molar-refractivity contribution in [1.29, 1.82) is 0 Å². The first kappa shape index (κ1) is 31.2. The third-order valence-electron chi connectivity index (χ3n) is 8.39. The Morgan fingerprint density at radius 3 is 2.50 bits per heavy atom. The summed E-state index contributed by atoms with van der Waals surface area (Å²) in [5.74, 6) is -3.47. The number of benzene rings is 3. The third-order valence-corrected chi connectivity index (χ3v) is 8.39. The van der Waals surface area contributed by atoms with Gasteiger partial charge in [0, 0.05) is 44.0 Å². The standard InChI is InChI=1S/C35H38F2N2O5/c1-6-31(40)38-15-13-22-9-7-8-10-25(22)23-11-12-24(21(2)17-23)28-20-39(33(42)44-34(3,4)5)16-14-35(28)27-19-30(37)29(36)18-26(27)32(41)43-35/h7-12,17-19,28H,6,13-16,20H2,1-5H3,(H,38,40)/t28-,35+/m1/s1. The minimum Gasteiger partial charge on any atom is -0.450 e. The molecule has 2 amide bonds. The number of likely N-dealkylation sites (tertiary alicyclic amines) is 1. The number of hydrogen-bond donors (Lipinski definition) is 1. The van der Waals surface area contributed by atoms with Gasteiger partial charge in [-0.3, -0.25) is 4.79 Å². The molecule has 232 valence electrons. The highest BCUT2D eigenvalue weighted by atomic mass is 19.2. The first-order chi connectivity index (χ1) is 20.8. The second kappa shape index (κ2) is 12.0. The number of carbonyl (C=O) groups excluding carboxylic acids is 3. The van der Waals surface area contributed by atoms with E-state index in [0.29, 0.717) is 19.4 Å². The van der Waals surface area contributed by atoms with Crippen molar-refractivity contribution in [2.75, 3.05) is 19.6 Å². The molecule has 0 bridgehead atoms. The minimum atomic E-state index is -1.29. The number of piperidine rings is 1. The SMILES string of the molecule is CCC(=O)NCCc1ccccc1-c1ccc([C@H]2CN(C(=O)OC(C)(C)C)CC[C@@]23OC(=O)c2cc(F)c(F)cc23)c(C)c1. The Morgan fingerprint density at radius 2 is 1.80 bits per heavy atom. The highest BCUT2D eigenvalue weighted by Crippen LogP contribution is 2.52. The summed E-state index contributed by atoms with van der Waals surface area (Å²) in [4.78, 5) is 39.6. The number of rotatable bonds is 6. The Hall–Kier alpha value is -4.27. The zero-order chi connectivity index (χ0) is 31.8. The summed E-state index contributed by atoms with van der Waals surface area (Å²) in [6.07, 6.45) is 0.783. The lowest BCUT2D eigenvalue weighted by Gasteiger charge is -2.45. The van der Waals surface area contributed by atoms with Gasteiger partial charge in [-0.15, -0.1) is 0 Å². The summed E-state index contributed by atoms with van der Waals surface area (Å²) in [7, 11) is 0. The summed E-state index contributed by atoms with van der Waals surface area (Å²) in [5, 5.41) is 2.92. The van der Waals surface area contributed by atoms with Gasteiger partial charge in [-0.1, -0.05) is 49.4 Å². The second-order valence-electron chi connectivity index (χ2n) is 12.5. The molecule has 3 aromatic rings. The van der Waals surface area contributed by atoms with E-state index in [1.165, 1.54) is 0 Å². The minimum absolute atomic E-state index is 0.00122. The van der Waals surface area contributed by atoms with E-state index in [9.17, 15) is 23.2 Å². The summed E-state index contributed by atoms with van der Waals surface area (Å²) >= 11 is 0. The topological polar surface area (TPSA) is 84.9 Å². The molecule has 0 aromatic heterocycles. The molecule has 1 spiro atoms. The summed E-state index contributed by atoms with van der Waals surface area (Å²) in [5.41, 5.74) is 3.07. The molecule has 0 aliphatic carbocycles. The monoisotopic (exact) mass is 604 g/mol. The molecule has 2 heterocycles. The molecule has 1 fully saturated rings. The number of nitrogens with one attached hydrogen (secondary N) is 1. The Bertz CT molecular complexity index is 1620. The Kier molecular flexibility index (Phi) is 8.51. The molecule has 0 radical (unpaired) electrons. The number of aryl methyl sites for hydroxylation is 1. The van der Waals surface area contributed by atoms with Crippen LogP contribution in [-0.4, -0.2) is 48.1 Å². The highest BCUT2D eigenvalue weighted by Gasteiger charge is 2.55. The van der Waals surface area contributed by atoms with Crippen LogP contribution in [0.5, 0.6) is 0 Å². The number of amides is 2. The lowest BCUT2D eigenvalue weighted by atomic mass is 9.71. The fraction of sp³-hybridized carbons (Fsp3) is 0.400. The molecule has 44 heavy (non-hydrogen) atoms. The van der Waals surface area contributed by atoms with Gasteiger partial charge in [-0.05, 0) is 74.1 Å². The van der Waals surface area contributed by atoms with E-state index in [0.717, 1.165) is 39.9 Å². The second-order valence-corrected chi connectivity index (χ2v) is 12.5. The molecule has 2 aliphatic heterocycles. The maximum absolute atomic E-state index is 14.6. The van der Waals surface area contributed by atoms with E-state index >= 15 is 0 Å². The third kappa shape index (κ3) is 6.05. The van der Waals surface area contributed by atoms with Crippen molar-refractivity contribution in [3.63, 3.8) is 0 Å². The van der Waals surface area contributed by atoms with Crippen molar-refractivity contribution in [3.05, 3.63) is 94.0 Å². The summed E-state index contributed by atoms with van der Waals surface area (Å²) in [6.45, 7) is 10.0. The van der Waals surface area contributed by atoms with E-state index in [1.54, 1.807) is 25.7 Å². The van der Waals surface area contributed by atoms with Crippen LogP contribution in [0.25, 0.3) is 11.1 Å². The van der Waals surface area contributed by atoms with E-state index in [4.69, 9.17) is 9.47 Å². The van der Waals surface area contributed by atoms with Crippen LogP contribution in [0, 0.1) is 18.6 Å². The number of nitrogens with zero attached hydrogens (tertiary/aromatic N) is 1. The zero-order valence-corrected chi connectivity index (χ0v) is 25.8. The van der Waals surface area contributed by atoms with Crippen molar-refractivity contribution in [3.8, 4) is 11.1 Å². The van der Waals surface area contributed by atoms with Crippen molar-refractivity contribution < 1.29 is 32.6 Å². The van der Waals surface area contributed by atoms with Gasteiger partial charge in [0.05, 0.1) is 5.56 Å². The van der Waals surface area contributed by atoms with Crippen LogP contribution in [0.15, 0.2) is 54.6 Å². The van der Waals surface area contributed by atoms with Crippen LogP contribution < -0.4 is 5.32 Å². The van der Waals surface area contributed by atoms with Crippen LogP contribution in [0.1, 0.15) is 79.1 Å². The van der Waals surface area contributed by atoms with Gasteiger partial charge in [0.2, 0.25) is 5.91 Å². The first-order valence-electron chi connectivity index (χ1n) is 15.0. The summed E-state index contributed by atoms with van der Waals surface area (Å²) in [6, 6.07) is 15.9. The lowest BCUT2D eigenvalue weighted by molar-refractivity contribution is -0.120.